The maximum absolute atomic E-state index is 13.2. The second-order valence-electron chi connectivity index (χ2n) is 6.05. The Labute approximate surface area is 162 Å². The molecule has 0 amide bonds. The maximum atomic E-state index is 13.2. The SMILES string of the molecule is Cc1c(-c2cc(C(=O)O)c3cc(Br)ccc3n2)cnn1-c1ccc(F)cc1. The Morgan fingerprint density at radius 1 is 1.15 bits per heavy atom. The molecule has 0 aliphatic rings. The molecule has 7 heteroatoms. The molecule has 0 aliphatic carbocycles. The number of benzene rings is 2. The summed E-state index contributed by atoms with van der Waals surface area (Å²) < 4.78 is 15.6. The minimum absolute atomic E-state index is 0.172. The van der Waals surface area contributed by atoms with Gasteiger partial charge in [-0.05, 0) is 55.5 Å². The Kier molecular flexibility index (Phi) is 4.24. The molecule has 5 nitrogen and oxygen atoms in total. The number of hydrogen-bond donors (Lipinski definition) is 1. The van der Waals surface area contributed by atoms with Gasteiger partial charge in [-0.2, -0.15) is 5.10 Å². The topological polar surface area (TPSA) is 68.0 Å². The molecule has 2 aromatic heterocycles. The fourth-order valence-corrected chi connectivity index (χ4v) is 3.38. The molecule has 1 N–H and O–H groups in total. The average molecular weight is 426 g/mol. The zero-order valence-electron chi connectivity index (χ0n) is 14.1. The van der Waals surface area contributed by atoms with E-state index in [9.17, 15) is 14.3 Å². The lowest BCUT2D eigenvalue weighted by atomic mass is 10.0. The largest absolute Gasteiger partial charge is 0.478 e. The number of rotatable bonds is 3. The first kappa shape index (κ1) is 17.4. The Balaban J connectivity index is 1.89. The average Bonchev–Trinajstić information content (AvgIpc) is 3.03. The van der Waals surface area contributed by atoms with Crippen LogP contribution in [0, 0.1) is 12.7 Å². The summed E-state index contributed by atoms with van der Waals surface area (Å²) in [6.07, 6.45) is 1.64. The molecular formula is C20H13BrFN3O2. The van der Waals surface area contributed by atoms with Crippen molar-refractivity contribution in [2.45, 2.75) is 6.92 Å². The summed E-state index contributed by atoms with van der Waals surface area (Å²) in [5, 5.41) is 14.5. The Morgan fingerprint density at radius 3 is 2.59 bits per heavy atom. The Bertz CT molecular complexity index is 1190. The van der Waals surface area contributed by atoms with Gasteiger partial charge in [0.15, 0.2) is 0 Å². The molecule has 0 radical (unpaired) electrons. The van der Waals surface area contributed by atoms with Crippen LogP contribution in [-0.4, -0.2) is 25.8 Å². The summed E-state index contributed by atoms with van der Waals surface area (Å²) in [6, 6.07) is 12.9. The number of carboxylic acids is 1. The normalized spacial score (nSPS) is 11.1. The molecule has 0 unspecified atom stereocenters. The summed E-state index contributed by atoms with van der Waals surface area (Å²) in [5.74, 6) is -1.34. The van der Waals surface area contributed by atoms with E-state index >= 15 is 0 Å². The van der Waals surface area contributed by atoms with Crippen molar-refractivity contribution in [2.75, 3.05) is 0 Å². The fraction of sp³-hybridized carbons (Fsp3) is 0.0500. The molecule has 0 spiro atoms. The van der Waals surface area contributed by atoms with Crippen molar-refractivity contribution in [3.8, 4) is 16.9 Å². The third-order valence-corrected chi connectivity index (χ3v) is 4.85. The van der Waals surface area contributed by atoms with Crippen LogP contribution < -0.4 is 0 Å². The van der Waals surface area contributed by atoms with Crippen molar-refractivity contribution in [3.63, 3.8) is 0 Å². The number of carboxylic acid groups (broad SMARTS) is 1. The van der Waals surface area contributed by atoms with Crippen LogP contribution in [0.15, 0.2) is 59.2 Å². The number of aromatic carboxylic acids is 1. The van der Waals surface area contributed by atoms with Gasteiger partial charge in [-0.3, -0.25) is 0 Å². The third-order valence-electron chi connectivity index (χ3n) is 4.36. The fourth-order valence-electron chi connectivity index (χ4n) is 3.02. The van der Waals surface area contributed by atoms with Crippen LogP contribution >= 0.6 is 15.9 Å². The van der Waals surface area contributed by atoms with Crippen molar-refractivity contribution in [1.82, 2.24) is 14.8 Å². The van der Waals surface area contributed by atoms with E-state index in [1.807, 2.05) is 13.0 Å². The van der Waals surface area contributed by atoms with E-state index in [0.29, 0.717) is 27.8 Å². The molecule has 0 saturated carbocycles. The van der Waals surface area contributed by atoms with Gasteiger partial charge in [0.25, 0.3) is 0 Å². The molecule has 0 atom stereocenters. The molecule has 2 aromatic carbocycles. The zero-order chi connectivity index (χ0) is 19.1. The first-order chi connectivity index (χ1) is 12.9. The minimum atomic E-state index is -1.02. The van der Waals surface area contributed by atoms with Crippen molar-refractivity contribution >= 4 is 32.8 Å². The van der Waals surface area contributed by atoms with E-state index in [1.54, 1.807) is 41.2 Å². The molecule has 0 bridgehead atoms. The van der Waals surface area contributed by atoms with Crippen molar-refractivity contribution in [1.29, 1.82) is 0 Å². The number of pyridine rings is 1. The first-order valence-electron chi connectivity index (χ1n) is 8.08. The van der Waals surface area contributed by atoms with E-state index in [-0.39, 0.29) is 11.4 Å². The summed E-state index contributed by atoms with van der Waals surface area (Å²) in [7, 11) is 0. The monoisotopic (exact) mass is 425 g/mol. The van der Waals surface area contributed by atoms with Crippen LogP contribution in [0.1, 0.15) is 16.1 Å². The van der Waals surface area contributed by atoms with Crippen molar-refractivity contribution in [2.24, 2.45) is 0 Å². The van der Waals surface area contributed by atoms with Gasteiger partial charge >= 0.3 is 5.97 Å². The molecule has 4 aromatic rings. The van der Waals surface area contributed by atoms with E-state index in [1.165, 1.54) is 12.1 Å². The second-order valence-corrected chi connectivity index (χ2v) is 6.97. The quantitative estimate of drug-likeness (QED) is 0.501. The summed E-state index contributed by atoms with van der Waals surface area (Å²) in [4.78, 5) is 16.4. The van der Waals surface area contributed by atoms with Gasteiger partial charge in [-0.25, -0.2) is 18.9 Å². The molecule has 134 valence electrons. The number of hydrogen-bond acceptors (Lipinski definition) is 3. The lowest BCUT2D eigenvalue weighted by molar-refractivity contribution is 0.0699. The predicted octanol–water partition coefficient (Wildman–Crippen LogP) is 5.00. The van der Waals surface area contributed by atoms with E-state index in [2.05, 4.69) is 26.0 Å². The number of aromatic nitrogens is 3. The molecule has 0 saturated heterocycles. The van der Waals surface area contributed by atoms with Crippen molar-refractivity contribution in [3.05, 3.63) is 76.3 Å². The standard InChI is InChI=1S/C20H13BrFN3O2/c1-11-17(10-23-25(11)14-5-3-13(22)4-6-14)19-9-16(20(26)27)15-8-12(21)2-7-18(15)24-19/h2-10H,1H3,(H,26,27). The van der Waals surface area contributed by atoms with Gasteiger partial charge in [0, 0.05) is 15.4 Å². The number of nitrogens with zero attached hydrogens (tertiary/aromatic N) is 3. The van der Waals surface area contributed by atoms with Crippen LogP contribution in [0.4, 0.5) is 4.39 Å². The summed E-state index contributed by atoms with van der Waals surface area (Å²) >= 11 is 3.36. The molecule has 2 heterocycles. The lowest BCUT2D eigenvalue weighted by Gasteiger charge is -2.08. The highest BCUT2D eigenvalue weighted by Gasteiger charge is 2.17. The molecule has 4 rings (SSSR count). The Hall–Kier alpha value is -3.06. The lowest BCUT2D eigenvalue weighted by Crippen LogP contribution is -2.01. The smallest absolute Gasteiger partial charge is 0.336 e. The van der Waals surface area contributed by atoms with Crippen molar-refractivity contribution < 1.29 is 14.3 Å². The van der Waals surface area contributed by atoms with Gasteiger partial charge in [-0.1, -0.05) is 15.9 Å². The van der Waals surface area contributed by atoms with Crippen LogP contribution in [0.5, 0.6) is 0 Å². The molecular weight excluding hydrogens is 413 g/mol. The molecule has 27 heavy (non-hydrogen) atoms. The van der Waals surface area contributed by atoms with Crippen LogP contribution in [0.3, 0.4) is 0 Å². The van der Waals surface area contributed by atoms with Gasteiger partial charge in [0.2, 0.25) is 0 Å². The van der Waals surface area contributed by atoms with E-state index < -0.39 is 5.97 Å². The van der Waals surface area contributed by atoms with Crippen LogP contribution in [0.25, 0.3) is 27.8 Å². The highest BCUT2D eigenvalue weighted by Crippen LogP contribution is 2.29. The second kappa shape index (κ2) is 6.59. The third kappa shape index (κ3) is 3.10. The zero-order valence-corrected chi connectivity index (χ0v) is 15.7. The number of carbonyl (C=O) groups is 1. The van der Waals surface area contributed by atoms with Gasteiger partial charge in [0.1, 0.15) is 5.82 Å². The molecule has 0 aliphatic heterocycles. The highest BCUT2D eigenvalue weighted by atomic mass is 79.9. The van der Waals surface area contributed by atoms with Gasteiger partial charge in [0.05, 0.1) is 34.4 Å². The molecule has 0 fully saturated rings. The number of halogens is 2. The maximum Gasteiger partial charge on any atom is 0.336 e. The first-order valence-corrected chi connectivity index (χ1v) is 8.88. The summed E-state index contributed by atoms with van der Waals surface area (Å²) in [6.45, 7) is 1.86. The van der Waals surface area contributed by atoms with Gasteiger partial charge < -0.3 is 5.11 Å². The summed E-state index contributed by atoms with van der Waals surface area (Å²) in [5.41, 5.74) is 3.48. The van der Waals surface area contributed by atoms with Gasteiger partial charge in [-0.15, -0.1) is 0 Å². The minimum Gasteiger partial charge on any atom is -0.478 e. The van der Waals surface area contributed by atoms with E-state index in [4.69, 9.17) is 0 Å². The van der Waals surface area contributed by atoms with Crippen LogP contribution in [-0.2, 0) is 0 Å². The van der Waals surface area contributed by atoms with Crippen LogP contribution in [0.2, 0.25) is 0 Å². The predicted molar refractivity (Wildman–Crippen MR) is 104 cm³/mol. The van der Waals surface area contributed by atoms with E-state index in [0.717, 1.165) is 10.2 Å². The highest BCUT2D eigenvalue weighted by molar-refractivity contribution is 9.10. The number of fused-ring (bicyclic) bond motifs is 1. The Morgan fingerprint density at radius 2 is 1.89 bits per heavy atom.